The van der Waals surface area contributed by atoms with Crippen molar-refractivity contribution in [2.24, 2.45) is 0 Å². The highest BCUT2D eigenvalue weighted by Crippen LogP contribution is 2.34. The van der Waals surface area contributed by atoms with Gasteiger partial charge >= 0.3 is 0 Å². The molecule has 0 spiro atoms. The van der Waals surface area contributed by atoms with Gasteiger partial charge in [0, 0.05) is 28.6 Å². The van der Waals surface area contributed by atoms with Crippen LogP contribution < -0.4 is 20.1 Å². The van der Waals surface area contributed by atoms with Gasteiger partial charge in [0.15, 0.2) is 11.5 Å². The maximum Gasteiger partial charge on any atom is 0.256 e. The zero-order chi connectivity index (χ0) is 24.6. The summed E-state index contributed by atoms with van der Waals surface area (Å²) in [5.74, 6) is 1.79. The molecule has 0 saturated heterocycles. The van der Waals surface area contributed by atoms with Crippen LogP contribution in [0.4, 0.5) is 17.3 Å². The number of fused-ring (bicyclic) bond motifs is 1. The largest absolute Gasteiger partial charge is 0.493 e. The Hall–Kier alpha value is -3.95. The number of rotatable bonds is 10. The van der Waals surface area contributed by atoms with E-state index in [0.29, 0.717) is 58.0 Å². The molecule has 10 heteroatoms. The minimum Gasteiger partial charge on any atom is -0.493 e. The third-order valence-corrected chi connectivity index (χ3v) is 5.32. The Bertz CT molecular complexity index is 1320. The van der Waals surface area contributed by atoms with Crippen LogP contribution in [0, 0.1) is 0 Å². The van der Waals surface area contributed by atoms with Crippen LogP contribution in [0.25, 0.3) is 10.9 Å². The molecule has 9 nitrogen and oxygen atoms in total. The molecule has 0 aliphatic rings. The molecule has 0 radical (unpaired) electrons. The van der Waals surface area contributed by atoms with Gasteiger partial charge in [-0.05, 0) is 49.2 Å². The second-order valence-corrected chi connectivity index (χ2v) is 7.98. The quantitative estimate of drug-likeness (QED) is 0.269. The smallest absolute Gasteiger partial charge is 0.256 e. The number of unbranched alkanes of at least 4 members (excludes halogenated alkanes) is 1. The lowest BCUT2D eigenvalue weighted by Crippen LogP contribution is -2.12. The lowest BCUT2D eigenvalue weighted by Gasteiger charge is -2.14. The minimum absolute atomic E-state index is 0.130. The molecule has 0 unspecified atom stereocenters. The number of carbonyl (C=O) groups excluding carboxylic acids is 1. The topological polar surface area (TPSA) is 118 Å². The number of hydrogen-bond acceptors (Lipinski definition) is 8. The van der Waals surface area contributed by atoms with Gasteiger partial charge in [-0.2, -0.15) is 0 Å². The van der Waals surface area contributed by atoms with Gasteiger partial charge in [-0.1, -0.05) is 17.7 Å². The van der Waals surface area contributed by atoms with Gasteiger partial charge in [-0.25, -0.2) is 15.0 Å². The number of carbonyl (C=O) groups is 1. The number of halogens is 1. The molecule has 4 aromatic rings. The summed E-state index contributed by atoms with van der Waals surface area (Å²) in [7, 11) is 1.57. The average molecular weight is 494 g/mol. The molecule has 0 aliphatic heterocycles. The highest BCUT2D eigenvalue weighted by molar-refractivity contribution is 6.31. The van der Waals surface area contributed by atoms with E-state index in [9.17, 15) is 4.79 Å². The zero-order valence-electron chi connectivity index (χ0n) is 19.0. The van der Waals surface area contributed by atoms with Crippen molar-refractivity contribution in [1.29, 1.82) is 0 Å². The predicted octanol–water partition coefficient (Wildman–Crippen LogP) is 4.83. The summed E-state index contributed by atoms with van der Waals surface area (Å²) >= 11 is 5.96. The summed E-state index contributed by atoms with van der Waals surface area (Å²) in [5.41, 5.74) is 1.80. The standard InChI is InChI=1S/C25H24ClN5O4/c1-34-21-12-19-20(13-22(21)35-10-3-2-9-32)28-15-29-24(19)30-18-7-8-23(27-14-18)31-25(33)16-5-4-6-17(26)11-16/h4-8,11-15,32H,2-3,9-10H2,1H3,(H,27,31,33)(H,28,29,30). The van der Waals surface area contributed by atoms with E-state index in [2.05, 4.69) is 25.6 Å². The van der Waals surface area contributed by atoms with Crippen LogP contribution in [0.1, 0.15) is 23.2 Å². The minimum atomic E-state index is -0.302. The number of amides is 1. The van der Waals surface area contributed by atoms with Gasteiger partial charge in [0.2, 0.25) is 0 Å². The molecule has 3 N–H and O–H groups in total. The Morgan fingerprint density at radius 1 is 1.06 bits per heavy atom. The Morgan fingerprint density at radius 2 is 1.94 bits per heavy atom. The third kappa shape index (κ3) is 6.14. The summed E-state index contributed by atoms with van der Waals surface area (Å²) in [4.78, 5) is 25.4. The molecule has 0 bridgehead atoms. The highest BCUT2D eigenvalue weighted by atomic mass is 35.5. The van der Waals surface area contributed by atoms with Crippen LogP contribution in [0.15, 0.2) is 61.1 Å². The van der Waals surface area contributed by atoms with Crippen molar-refractivity contribution in [3.8, 4) is 11.5 Å². The summed E-state index contributed by atoms with van der Waals surface area (Å²) < 4.78 is 11.3. The lowest BCUT2D eigenvalue weighted by atomic mass is 10.2. The van der Waals surface area contributed by atoms with Crippen molar-refractivity contribution in [3.05, 3.63) is 71.6 Å². The first kappa shape index (κ1) is 24.2. The molecular formula is C25H24ClN5O4. The van der Waals surface area contributed by atoms with Crippen molar-refractivity contribution in [2.75, 3.05) is 31.0 Å². The molecule has 2 aromatic carbocycles. The molecular weight excluding hydrogens is 470 g/mol. The van der Waals surface area contributed by atoms with Gasteiger partial charge in [-0.15, -0.1) is 0 Å². The Labute approximate surface area is 207 Å². The van der Waals surface area contributed by atoms with E-state index in [-0.39, 0.29) is 12.5 Å². The molecule has 0 atom stereocenters. The fourth-order valence-electron chi connectivity index (χ4n) is 3.33. The number of benzene rings is 2. The summed E-state index contributed by atoms with van der Waals surface area (Å²) in [5, 5.41) is 16.1. The lowest BCUT2D eigenvalue weighted by molar-refractivity contribution is 0.102. The molecule has 2 aromatic heterocycles. The fraction of sp³-hybridized carbons (Fsp3) is 0.200. The van der Waals surface area contributed by atoms with Crippen LogP contribution in [0.5, 0.6) is 11.5 Å². The number of aromatic nitrogens is 3. The van der Waals surface area contributed by atoms with Gasteiger partial charge in [0.1, 0.15) is 18.0 Å². The number of aliphatic hydroxyl groups is 1. The van der Waals surface area contributed by atoms with Gasteiger partial charge < -0.3 is 25.2 Å². The SMILES string of the molecule is COc1cc2c(Nc3ccc(NC(=O)c4cccc(Cl)c4)nc3)ncnc2cc1OCCCCO. The van der Waals surface area contributed by atoms with Crippen molar-refractivity contribution < 1.29 is 19.4 Å². The number of ether oxygens (including phenoxy) is 2. The van der Waals surface area contributed by atoms with E-state index in [1.807, 2.05) is 6.07 Å². The second kappa shape index (κ2) is 11.5. The maximum absolute atomic E-state index is 12.4. The number of pyridine rings is 1. The molecule has 180 valence electrons. The number of hydrogen-bond donors (Lipinski definition) is 3. The van der Waals surface area contributed by atoms with Gasteiger partial charge in [0.05, 0.1) is 31.1 Å². The third-order valence-electron chi connectivity index (χ3n) is 5.09. The first-order valence-corrected chi connectivity index (χ1v) is 11.3. The summed E-state index contributed by atoms with van der Waals surface area (Å²) in [6.07, 6.45) is 4.46. The normalized spacial score (nSPS) is 10.7. The number of aliphatic hydroxyl groups excluding tert-OH is 1. The van der Waals surface area contributed by atoms with E-state index in [1.54, 1.807) is 55.8 Å². The van der Waals surface area contributed by atoms with Crippen molar-refractivity contribution in [3.63, 3.8) is 0 Å². The number of nitrogens with one attached hydrogen (secondary N) is 2. The van der Waals surface area contributed by atoms with Crippen LogP contribution in [-0.2, 0) is 0 Å². The van der Waals surface area contributed by atoms with Crippen LogP contribution >= 0.6 is 11.6 Å². The molecule has 4 rings (SSSR count). The summed E-state index contributed by atoms with van der Waals surface area (Å²) in [6, 6.07) is 13.8. The molecule has 2 heterocycles. The van der Waals surface area contributed by atoms with Crippen molar-refractivity contribution >= 4 is 45.7 Å². The van der Waals surface area contributed by atoms with Gasteiger partial charge in [-0.3, -0.25) is 4.79 Å². The number of nitrogens with zero attached hydrogens (tertiary/aromatic N) is 3. The maximum atomic E-state index is 12.4. The van der Waals surface area contributed by atoms with Crippen LogP contribution in [0.3, 0.4) is 0 Å². The second-order valence-electron chi connectivity index (χ2n) is 7.54. The van der Waals surface area contributed by atoms with E-state index in [1.165, 1.54) is 6.33 Å². The zero-order valence-corrected chi connectivity index (χ0v) is 19.7. The highest BCUT2D eigenvalue weighted by Gasteiger charge is 2.13. The van der Waals surface area contributed by atoms with Crippen LogP contribution in [0.2, 0.25) is 5.02 Å². The predicted molar refractivity (Wildman–Crippen MR) is 135 cm³/mol. The Balaban J connectivity index is 1.49. The molecule has 0 aliphatic carbocycles. The monoisotopic (exact) mass is 493 g/mol. The van der Waals surface area contributed by atoms with Crippen molar-refractivity contribution in [2.45, 2.75) is 12.8 Å². The summed E-state index contributed by atoms with van der Waals surface area (Å²) in [6.45, 7) is 0.592. The Morgan fingerprint density at radius 3 is 2.69 bits per heavy atom. The van der Waals surface area contributed by atoms with Gasteiger partial charge in [0.25, 0.3) is 5.91 Å². The molecule has 0 fully saturated rings. The Kier molecular flexibility index (Phi) is 7.92. The van der Waals surface area contributed by atoms with E-state index in [4.69, 9.17) is 26.2 Å². The van der Waals surface area contributed by atoms with Crippen molar-refractivity contribution in [1.82, 2.24) is 15.0 Å². The van der Waals surface area contributed by atoms with E-state index >= 15 is 0 Å². The number of methoxy groups -OCH3 is 1. The molecule has 1 amide bonds. The first-order valence-electron chi connectivity index (χ1n) is 10.9. The molecule has 0 saturated carbocycles. The van der Waals surface area contributed by atoms with E-state index < -0.39 is 0 Å². The first-order chi connectivity index (χ1) is 17.1. The number of anilines is 3. The fourth-order valence-corrected chi connectivity index (χ4v) is 3.52. The van der Waals surface area contributed by atoms with Crippen LogP contribution in [-0.4, -0.2) is 46.3 Å². The molecule has 35 heavy (non-hydrogen) atoms. The average Bonchev–Trinajstić information content (AvgIpc) is 2.87. The van der Waals surface area contributed by atoms with E-state index in [0.717, 1.165) is 11.8 Å².